The molecule has 1 aromatic rings. The number of nitrogens with one attached hydrogen (secondary N) is 1. The highest BCUT2D eigenvalue weighted by atomic mass is 32.2. The van der Waals surface area contributed by atoms with E-state index in [9.17, 15) is 18.5 Å². The van der Waals surface area contributed by atoms with E-state index in [1.807, 2.05) is 25.7 Å². The van der Waals surface area contributed by atoms with E-state index in [2.05, 4.69) is 16.0 Å². The van der Waals surface area contributed by atoms with Gasteiger partial charge in [0, 0.05) is 17.8 Å². The Bertz CT molecular complexity index is 923. The molecular weight excluding hydrogens is 400 g/mol. The van der Waals surface area contributed by atoms with Crippen molar-refractivity contribution in [3.63, 3.8) is 0 Å². The lowest BCUT2D eigenvalue weighted by Crippen LogP contribution is -2.42. The van der Waals surface area contributed by atoms with E-state index in [-0.39, 0.29) is 30.0 Å². The Morgan fingerprint density at radius 2 is 1.93 bits per heavy atom. The predicted molar refractivity (Wildman–Crippen MR) is 118 cm³/mol. The van der Waals surface area contributed by atoms with E-state index in [0.717, 1.165) is 43.4 Å². The third-order valence-electron chi connectivity index (χ3n) is 6.65. The van der Waals surface area contributed by atoms with Crippen molar-refractivity contribution in [1.82, 2.24) is 9.47 Å². The maximum absolute atomic E-state index is 13.0. The lowest BCUT2D eigenvalue weighted by atomic mass is 9.95. The highest BCUT2D eigenvalue weighted by molar-refractivity contribution is 7.91. The molecule has 2 fully saturated rings. The fourth-order valence-corrected chi connectivity index (χ4v) is 6.74. The summed E-state index contributed by atoms with van der Waals surface area (Å²) in [5.74, 6) is 0.750. The molecule has 0 spiro atoms. The molecular formula is C22H34N4O3S. The second-order valence-corrected chi connectivity index (χ2v) is 11.0. The van der Waals surface area contributed by atoms with E-state index in [1.165, 1.54) is 6.42 Å². The molecule has 1 unspecified atom stereocenters. The van der Waals surface area contributed by atoms with Gasteiger partial charge in [0.1, 0.15) is 11.9 Å². The van der Waals surface area contributed by atoms with Crippen LogP contribution < -0.4 is 5.32 Å². The van der Waals surface area contributed by atoms with Crippen LogP contribution in [0.3, 0.4) is 0 Å². The standard InChI is InChI=1S/C22H34N4O3S/c1-4-11-25(19-10-12-30(28,29)15-19)14-21(27)24-22-20(13-23)16(2)17(3)26(22)18-8-6-5-7-9-18/h18-19H,4-12,14-15H2,1-3H3,(H,24,27). The minimum atomic E-state index is -3.01. The second kappa shape index (κ2) is 9.52. The molecule has 8 heteroatoms. The zero-order valence-corrected chi connectivity index (χ0v) is 19.2. The van der Waals surface area contributed by atoms with Gasteiger partial charge < -0.3 is 9.88 Å². The Hall–Kier alpha value is -1.85. The molecule has 2 heterocycles. The minimum Gasteiger partial charge on any atom is -0.327 e. The number of amides is 1. The van der Waals surface area contributed by atoms with Gasteiger partial charge in [-0.1, -0.05) is 26.2 Å². The van der Waals surface area contributed by atoms with Gasteiger partial charge in [0.15, 0.2) is 9.84 Å². The Kier molecular flexibility index (Phi) is 7.25. The highest BCUT2D eigenvalue weighted by Crippen LogP contribution is 2.36. The largest absolute Gasteiger partial charge is 0.327 e. The summed E-state index contributed by atoms with van der Waals surface area (Å²) in [5.41, 5.74) is 2.50. The van der Waals surface area contributed by atoms with E-state index < -0.39 is 9.84 Å². The number of carbonyl (C=O) groups is 1. The lowest BCUT2D eigenvalue weighted by molar-refractivity contribution is -0.117. The van der Waals surface area contributed by atoms with Gasteiger partial charge in [0.25, 0.3) is 0 Å². The smallest absolute Gasteiger partial charge is 0.239 e. The Labute approximate surface area is 180 Å². The first-order valence-electron chi connectivity index (χ1n) is 11.1. The average molecular weight is 435 g/mol. The quantitative estimate of drug-likeness (QED) is 0.710. The van der Waals surface area contributed by atoms with Crippen LogP contribution in [-0.2, 0) is 14.6 Å². The predicted octanol–water partition coefficient (Wildman–Crippen LogP) is 3.32. The van der Waals surface area contributed by atoms with Gasteiger partial charge in [0.2, 0.25) is 5.91 Å². The van der Waals surface area contributed by atoms with Crippen LogP contribution in [0.1, 0.15) is 74.7 Å². The molecule has 1 aliphatic heterocycles. The van der Waals surface area contributed by atoms with Crippen molar-refractivity contribution in [2.24, 2.45) is 0 Å². The summed E-state index contributed by atoms with van der Waals surface area (Å²) in [6.45, 7) is 6.82. The monoisotopic (exact) mass is 434 g/mol. The van der Waals surface area contributed by atoms with Crippen LogP contribution in [0.5, 0.6) is 0 Å². The molecule has 1 amide bonds. The SMILES string of the molecule is CCCN(CC(=O)Nc1c(C#N)c(C)c(C)n1C1CCCCC1)C1CCS(=O)(=O)C1. The van der Waals surface area contributed by atoms with Crippen LogP contribution in [0, 0.1) is 25.2 Å². The third kappa shape index (κ3) is 4.89. The zero-order valence-electron chi connectivity index (χ0n) is 18.4. The van der Waals surface area contributed by atoms with Crippen LogP contribution >= 0.6 is 0 Å². The van der Waals surface area contributed by atoms with Crippen molar-refractivity contribution in [3.05, 3.63) is 16.8 Å². The lowest BCUT2D eigenvalue weighted by Gasteiger charge is -2.29. The summed E-state index contributed by atoms with van der Waals surface area (Å²) in [5, 5.41) is 12.8. The van der Waals surface area contributed by atoms with Gasteiger partial charge in [-0.05, 0) is 51.6 Å². The molecule has 1 N–H and O–H groups in total. The van der Waals surface area contributed by atoms with Crippen LogP contribution in [0.2, 0.25) is 0 Å². The summed E-state index contributed by atoms with van der Waals surface area (Å²) in [6.07, 6.45) is 7.11. The van der Waals surface area contributed by atoms with Gasteiger partial charge in [-0.25, -0.2) is 8.42 Å². The normalized spacial score (nSPS) is 21.6. The maximum atomic E-state index is 13.0. The number of hydrogen-bond acceptors (Lipinski definition) is 5. The molecule has 1 aromatic heterocycles. The van der Waals surface area contributed by atoms with Crippen molar-refractivity contribution in [1.29, 1.82) is 5.26 Å². The minimum absolute atomic E-state index is 0.107. The van der Waals surface area contributed by atoms with E-state index >= 15 is 0 Å². The van der Waals surface area contributed by atoms with E-state index in [0.29, 0.717) is 30.4 Å². The first kappa shape index (κ1) is 22.8. The fraction of sp³-hybridized carbons (Fsp3) is 0.727. The van der Waals surface area contributed by atoms with Gasteiger partial charge in [-0.15, -0.1) is 0 Å². The molecule has 0 radical (unpaired) electrons. The number of nitriles is 1. The van der Waals surface area contributed by atoms with Crippen molar-refractivity contribution in [2.75, 3.05) is 29.9 Å². The third-order valence-corrected chi connectivity index (χ3v) is 8.40. The van der Waals surface area contributed by atoms with E-state index in [1.54, 1.807) is 0 Å². The van der Waals surface area contributed by atoms with Crippen LogP contribution in [0.25, 0.3) is 0 Å². The molecule has 1 saturated carbocycles. The van der Waals surface area contributed by atoms with Crippen molar-refractivity contribution >= 4 is 21.6 Å². The highest BCUT2D eigenvalue weighted by Gasteiger charge is 2.33. The molecule has 1 atom stereocenters. The topological polar surface area (TPSA) is 95.2 Å². The Morgan fingerprint density at radius 3 is 2.50 bits per heavy atom. The van der Waals surface area contributed by atoms with E-state index in [4.69, 9.17) is 0 Å². The van der Waals surface area contributed by atoms with Gasteiger partial charge in [0.05, 0.1) is 23.6 Å². The molecule has 3 rings (SSSR count). The zero-order chi connectivity index (χ0) is 21.9. The number of anilines is 1. The summed E-state index contributed by atoms with van der Waals surface area (Å²) >= 11 is 0. The Morgan fingerprint density at radius 1 is 1.23 bits per heavy atom. The molecule has 1 aliphatic carbocycles. The second-order valence-electron chi connectivity index (χ2n) is 8.78. The number of rotatable bonds is 7. The molecule has 0 bridgehead atoms. The van der Waals surface area contributed by atoms with Crippen molar-refractivity contribution < 1.29 is 13.2 Å². The molecule has 2 aliphatic rings. The summed E-state index contributed by atoms with van der Waals surface area (Å²) in [4.78, 5) is 15.0. The number of aromatic nitrogens is 1. The van der Waals surface area contributed by atoms with Crippen LogP contribution in [-0.4, -0.2) is 54.4 Å². The summed E-state index contributed by atoms with van der Waals surface area (Å²) in [6, 6.07) is 2.49. The van der Waals surface area contributed by atoms with Gasteiger partial charge in [-0.2, -0.15) is 5.26 Å². The van der Waals surface area contributed by atoms with Crippen molar-refractivity contribution in [2.45, 2.75) is 77.8 Å². The number of nitrogens with zero attached hydrogens (tertiary/aromatic N) is 3. The number of sulfone groups is 1. The maximum Gasteiger partial charge on any atom is 0.239 e. The van der Waals surface area contributed by atoms with Crippen LogP contribution in [0.15, 0.2) is 0 Å². The van der Waals surface area contributed by atoms with Gasteiger partial charge >= 0.3 is 0 Å². The summed E-state index contributed by atoms with van der Waals surface area (Å²) < 4.78 is 26.0. The molecule has 30 heavy (non-hydrogen) atoms. The average Bonchev–Trinajstić information content (AvgIpc) is 3.18. The number of carbonyl (C=O) groups excluding carboxylic acids is 1. The van der Waals surface area contributed by atoms with Crippen molar-refractivity contribution in [3.8, 4) is 6.07 Å². The Balaban J connectivity index is 1.81. The summed E-state index contributed by atoms with van der Waals surface area (Å²) in [7, 11) is -3.01. The fourth-order valence-electron chi connectivity index (χ4n) is 4.98. The number of hydrogen-bond donors (Lipinski definition) is 1. The first-order valence-corrected chi connectivity index (χ1v) is 12.9. The molecule has 166 valence electrons. The molecule has 0 aromatic carbocycles. The molecule has 1 saturated heterocycles. The molecule has 7 nitrogen and oxygen atoms in total. The van der Waals surface area contributed by atoms with Gasteiger partial charge in [-0.3, -0.25) is 9.69 Å². The first-order chi connectivity index (χ1) is 14.3. The van der Waals surface area contributed by atoms with Crippen LogP contribution in [0.4, 0.5) is 5.82 Å².